The summed E-state index contributed by atoms with van der Waals surface area (Å²) in [5.74, 6) is 1.72. The van der Waals surface area contributed by atoms with Crippen LogP contribution in [-0.4, -0.2) is 24.3 Å². The van der Waals surface area contributed by atoms with E-state index in [4.69, 9.17) is 20.9 Å². The molecule has 0 aliphatic rings. The minimum atomic E-state index is -0.362. The number of halogens is 1. The predicted molar refractivity (Wildman–Crippen MR) is 79.9 cm³/mol. The van der Waals surface area contributed by atoms with Crippen LogP contribution in [0, 0.1) is 13.8 Å². The van der Waals surface area contributed by atoms with Gasteiger partial charge in [-0.2, -0.15) is 0 Å². The van der Waals surface area contributed by atoms with Crippen LogP contribution in [0.2, 0.25) is 5.02 Å². The molecule has 0 fully saturated rings. The molecule has 7 heteroatoms. The molecule has 0 unspecified atom stereocenters. The second-order valence-electron chi connectivity index (χ2n) is 4.46. The van der Waals surface area contributed by atoms with Gasteiger partial charge in [0, 0.05) is 11.1 Å². The molecule has 0 saturated carbocycles. The number of aryl methyl sites for hydroxylation is 2. The van der Waals surface area contributed by atoms with Crippen LogP contribution < -0.4 is 15.4 Å². The van der Waals surface area contributed by atoms with E-state index >= 15 is 0 Å². The number of urea groups is 1. The molecule has 2 amide bonds. The fourth-order valence-corrected chi connectivity index (χ4v) is 1.74. The Morgan fingerprint density at radius 2 is 2.19 bits per heavy atom. The zero-order valence-electron chi connectivity index (χ0n) is 11.8. The van der Waals surface area contributed by atoms with Crippen molar-refractivity contribution in [1.29, 1.82) is 0 Å². The Labute approximate surface area is 127 Å². The normalized spacial score (nSPS) is 10.2. The summed E-state index contributed by atoms with van der Waals surface area (Å²) in [6.45, 7) is 4.37. The third-order valence-electron chi connectivity index (χ3n) is 2.66. The van der Waals surface area contributed by atoms with Crippen molar-refractivity contribution in [3.8, 4) is 5.75 Å². The van der Waals surface area contributed by atoms with Gasteiger partial charge >= 0.3 is 6.03 Å². The highest BCUT2D eigenvalue weighted by molar-refractivity contribution is 6.31. The van der Waals surface area contributed by atoms with E-state index in [1.165, 1.54) is 0 Å². The van der Waals surface area contributed by atoms with E-state index in [0.29, 0.717) is 35.5 Å². The summed E-state index contributed by atoms with van der Waals surface area (Å²) in [5, 5.41) is 9.56. The summed E-state index contributed by atoms with van der Waals surface area (Å²) in [6.07, 6.45) is 0. The number of nitrogens with zero attached hydrogens (tertiary/aromatic N) is 1. The molecule has 112 valence electrons. The molecular formula is C14H16ClN3O3. The van der Waals surface area contributed by atoms with E-state index in [1.807, 2.05) is 13.0 Å². The highest BCUT2D eigenvalue weighted by Gasteiger charge is 2.05. The van der Waals surface area contributed by atoms with E-state index in [9.17, 15) is 4.79 Å². The average Bonchev–Trinajstić information content (AvgIpc) is 2.84. The highest BCUT2D eigenvalue weighted by atomic mass is 35.5. The van der Waals surface area contributed by atoms with Crippen LogP contribution in [0.25, 0.3) is 0 Å². The standard InChI is InChI=1S/C14H16ClN3O3/c1-9-7-11(3-4-12(9)15)20-6-5-16-14(19)17-13-8-10(2)21-18-13/h3-4,7-8H,5-6H2,1-2H3,(H2,16,17,18,19). The maximum Gasteiger partial charge on any atom is 0.320 e. The number of nitrogens with one attached hydrogen (secondary N) is 2. The second-order valence-corrected chi connectivity index (χ2v) is 4.87. The lowest BCUT2D eigenvalue weighted by Gasteiger charge is -2.09. The van der Waals surface area contributed by atoms with Gasteiger partial charge in [0.05, 0.1) is 6.54 Å². The largest absolute Gasteiger partial charge is 0.492 e. The lowest BCUT2D eigenvalue weighted by atomic mass is 10.2. The molecular weight excluding hydrogens is 294 g/mol. The molecule has 0 saturated heterocycles. The van der Waals surface area contributed by atoms with Crippen LogP contribution in [0.5, 0.6) is 5.75 Å². The van der Waals surface area contributed by atoms with Crippen molar-refractivity contribution >= 4 is 23.4 Å². The lowest BCUT2D eigenvalue weighted by Crippen LogP contribution is -2.32. The Kier molecular flexibility index (Phi) is 5.05. The molecule has 1 heterocycles. The zero-order valence-corrected chi connectivity index (χ0v) is 12.5. The fourth-order valence-electron chi connectivity index (χ4n) is 1.63. The number of aromatic nitrogens is 1. The van der Waals surface area contributed by atoms with Crippen LogP contribution in [0.15, 0.2) is 28.8 Å². The van der Waals surface area contributed by atoms with Crippen molar-refractivity contribution in [1.82, 2.24) is 10.5 Å². The van der Waals surface area contributed by atoms with Crippen molar-refractivity contribution in [2.45, 2.75) is 13.8 Å². The maximum absolute atomic E-state index is 11.6. The number of carbonyl (C=O) groups excluding carboxylic acids is 1. The molecule has 1 aromatic heterocycles. The Bertz CT molecular complexity index is 628. The van der Waals surface area contributed by atoms with Crippen LogP contribution in [-0.2, 0) is 0 Å². The van der Waals surface area contributed by atoms with Crippen LogP contribution >= 0.6 is 11.6 Å². The molecule has 2 rings (SSSR count). The van der Waals surface area contributed by atoms with Gasteiger partial charge < -0.3 is 14.6 Å². The summed E-state index contributed by atoms with van der Waals surface area (Å²) in [6, 6.07) is 6.68. The molecule has 2 aromatic rings. The van der Waals surface area contributed by atoms with Gasteiger partial charge in [0.15, 0.2) is 5.82 Å². The first-order valence-corrected chi connectivity index (χ1v) is 6.79. The third-order valence-corrected chi connectivity index (χ3v) is 3.08. The van der Waals surface area contributed by atoms with Crippen molar-refractivity contribution in [3.05, 3.63) is 40.6 Å². The quantitative estimate of drug-likeness (QED) is 0.832. The Morgan fingerprint density at radius 3 is 2.86 bits per heavy atom. The molecule has 0 aliphatic carbocycles. The van der Waals surface area contributed by atoms with E-state index in [2.05, 4.69) is 15.8 Å². The second kappa shape index (κ2) is 6.99. The SMILES string of the molecule is Cc1cc(NC(=O)NCCOc2ccc(Cl)c(C)c2)no1. The molecule has 21 heavy (non-hydrogen) atoms. The van der Waals surface area contributed by atoms with Crippen LogP contribution in [0.1, 0.15) is 11.3 Å². The number of ether oxygens (including phenoxy) is 1. The van der Waals surface area contributed by atoms with Crippen LogP contribution in [0.4, 0.5) is 10.6 Å². The third kappa shape index (κ3) is 4.68. The molecule has 0 spiro atoms. The van der Waals surface area contributed by atoms with Gasteiger partial charge in [0.25, 0.3) is 0 Å². The van der Waals surface area contributed by atoms with Gasteiger partial charge in [-0.3, -0.25) is 5.32 Å². The summed E-state index contributed by atoms with van der Waals surface area (Å²) < 4.78 is 10.4. The first-order valence-electron chi connectivity index (χ1n) is 6.42. The summed E-state index contributed by atoms with van der Waals surface area (Å²) in [4.78, 5) is 11.6. The lowest BCUT2D eigenvalue weighted by molar-refractivity contribution is 0.247. The number of rotatable bonds is 5. The minimum Gasteiger partial charge on any atom is -0.492 e. The monoisotopic (exact) mass is 309 g/mol. The average molecular weight is 310 g/mol. The van der Waals surface area contributed by atoms with Crippen molar-refractivity contribution in [2.24, 2.45) is 0 Å². The van der Waals surface area contributed by atoms with E-state index < -0.39 is 0 Å². The van der Waals surface area contributed by atoms with Gasteiger partial charge in [-0.05, 0) is 37.6 Å². The zero-order chi connectivity index (χ0) is 15.2. The highest BCUT2D eigenvalue weighted by Crippen LogP contribution is 2.20. The predicted octanol–water partition coefficient (Wildman–Crippen LogP) is 3.15. The molecule has 1 aromatic carbocycles. The topological polar surface area (TPSA) is 76.4 Å². The Morgan fingerprint density at radius 1 is 1.38 bits per heavy atom. The maximum atomic E-state index is 11.6. The minimum absolute atomic E-state index is 0.354. The van der Waals surface area contributed by atoms with Gasteiger partial charge in [-0.1, -0.05) is 16.8 Å². The Hall–Kier alpha value is -2.21. The van der Waals surface area contributed by atoms with Crippen molar-refractivity contribution < 1.29 is 14.1 Å². The number of anilines is 1. The number of hydrogen-bond donors (Lipinski definition) is 2. The van der Waals surface area contributed by atoms with Crippen LogP contribution in [0.3, 0.4) is 0 Å². The van der Waals surface area contributed by atoms with Gasteiger partial charge in [-0.25, -0.2) is 4.79 Å². The molecule has 0 bridgehead atoms. The number of amides is 2. The number of benzene rings is 1. The summed E-state index contributed by atoms with van der Waals surface area (Å²) in [5.41, 5.74) is 0.946. The van der Waals surface area contributed by atoms with E-state index in [1.54, 1.807) is 25.1 Å². The van der Waals surface area contributed by atoms with Gasteiger partial charge in [-0.15, -0.1) is 0 Å². The summed E-state index contributed by atoms with van der Waals surface area (Å²) >= 11 is 5.93. The molecule has 6 nitrogen and oxygen atoms in total. The number of carbonyl (C=O) groups is 1. The van der Waals surface area contributed by atoms with Crippen molar-refractivity contribution in [3.63, 3.8) is 0 Å². The number of hydrogen-bond acceptors (Lipinski definition) is 4. The first-order chi connectivity index (χ1) is 10.0. The van der Waals surface area contributed by atoms with Gasteiger partial charge in [0.1, 0.15) is 18.1 Å². The fraction of sp³-hybridized carbons (Fsp3) is 0.286. The first kappa shape index (κ1) is 15.2. The van der Waals surface area contributed by atoms with E-state index in [0.717, 1.165) is 5.56 Å². The Balaban J connectivity index is 1.69. The smallest absolute Gasteiger partial charge is 0.320 e. The molecule has 0 radical (unpaired) electrons. The molecule has 0 aliphatic heterocycles. The molecule has 0 atom stereocenters. The summed E-state index contributed by atoms with van der Waals surface area (Å²) in [7, 11) is 0. The van der Waals surface area contributed by atoms with Gasteiger partial charge in [0.2, 0.25) is 0 Å². The van der Waals surface area contributed by atoms with E-state index in [-0.39, 0.29) is 6.03 Å². The van der Waals surface area contributed by atoms with Crippen molar-refractivity contribution in [2.75, 3.05) is 18.5 Å². The molecule has 2 N–H and O–H groups in total.